The molecule has 0 saturated heterocycles. The minimum absolute atomic E-state index is 0.159. The smallest absolute Gasteiger partial charge is 0.338 e. The van der Waals surface area contributed by atoms with Crippen LogP contribution in [-0.2, 0) is 14.3 Å². The highest BCUT2D eigenvalue weighted by molar-refractivity contribution is 14.1. The highest BCUT2D eigenvalue weighted by Gasteiger charge is 2.32. The molecule has 0 radical (unpaired) electrons. The van der Waals surface area contributed by atoms with E-state index >= 15 is 0 Å². The summed E-state index contributed by atoms with van der Waals surface area (Å²) in [4.78, 5) is 47.1. The van der Waals surface area contributed by atoms with Gasteiger partial charge in [0.15, 0.2) is 18.1 Å². The van der Waals surface area contributed by atoms with E-state index in [1.54, 1.807) is 48.6 Å². The summed E-state index contributed by atoms with van der Waals surface area (Å²) in [5.41, 5.74) is 3.15. The molecule has 0 aromatic heterocycles. The first kappa shape index (κ1) is 29.2. The number of methoxy groups -OCH3 is 1. The predicted molar refractivity (Wildman–Crippen MR) is 145 cm³/mol. The minimum atomic E-state index is -0.808. The average molecular weight is 653 g/mol. The molecular weight excluding hydrogens is 629 g/mol. The van der Waals surface area contributed by atoms with Crippen molar-refractivity contribution >= 4 is 52.4 Å². The number of halogens is 1. The molecule has 206 valence electrons. The number of benzene rings is 2. The normalized spacial score (nSPS) is 14.9. The summed E-state index contributed by atoms with van der Waals surface area (Å²) >= 11 is 1.74. The molecule has 3 amide bonds. The van der Waals surface area contributed by atoms with Gasteiger partial charge in [0.05, 0.1) is 40.0 Å². The maximum Gasteiger partial charge on any atom is 0.338 e. The van der Waals surface area contributed by atoms with E-state index in [0.29, 0.717) is 16.8 Å². The molecule has 0 saturated carbocycles. The second-order valence-corrected chi connectivity index (χ2v) is 9.07. The Bertz CT molecular complexity index is 1380. The van der Waals surface area contributed by atoms with Crippen molar-refractivity contribution in [2.45, 2.75) is 19.9 Å². The zero-order chi connectivity index (χ0) is 28.7. The van der Waals surface area contributed by atoms with Gasteiger partial charge in [-0.1, -0.05) is 6.07 Å². The molecule has 1 heterocycles. The summed E-state index contributed by atoms with van der Waals surface area (Å²) in [6.45, 7) is 2.98. The highest BCUT2D eigenvalue weighted by Crippen LogP contribution is 2.35. The zero-order valence-electron chi connectivity index (χ0n) is 20.9. The summed E-state index contributed by atoms with van der Waals surface area (Å²) in [6, 6.07) is 5.97. The molecule has 0 unspecified atom stereocenters. The van der Waals surface area contributed by atoms with Crippen molar-refractivity contribution in [2.24, 2.45) is 5.10 Å². The Morgan fingerprint density at radius 2 is 2.03 bits per heavy atom. The van der Waals surface area contributed by atoms with Crippen LogP contribution < -0.4 is 25.5 Å². The molecule has 0 spiro atoms. The van der Waals surface area contributed by atoms with Gasteiger partial charge in [-0.2, -0.15) is 5.10 Å². The highest BCUT2D eigenvalue weighted by atomic mass is 127. The van der Waals surface area contributed by atoms with Gasteiger partial charge in [-0.25, -0.2) is 15.0 Å². The first-order valence-electron chi connectivity index (χ1n) is 11.3. The number of ether oxygens (including phenoxy) is 3. The molecule has 2 aromatic rings. The number of carbonyl (C=O) groups is 3. The Labute approximate surface area is 235 Å². The van der Waals surface area contributed by atoms with Crippen LogP contribution in [0.5, 0.6) is 17.2 Å². The lowest BCUT2D eigenvalue weighted by Crippen LogP contribution is -2.45. The third-order valence-electron chi connectivity index (χ3n) is 5.31. The molecular formula is C24H24IN5O9. The summed E-state index contributed by atoms with van der Waals surface area (Å²) in [5.74, 6) is -1.22. The molecule has 1 aliphatic rings. The van der Waals surface area contributed by atoms with Crippen LogP contribution in [0.1, 0.15) is 31.0 Å². The number of phenols is 1. The number of urea groups is 1. The van der Waals surface area contributed by atoms with Crippen molar-refractivity contribution < 1.29 is 38.6 Å². The number of amides is 3. The van der Waals surface area contributed by atoms with Gasteiger partial charge in [0.25, 0.3) is 5.91 Å². The van der Waals surface area contributed by atoms with E-state index in [1.807, 2.05) is 0 Å². The Morgan fingerprint density at radius 3 is 2.69 bits per heavy atom. The SMILES string of the molecule is CCOC(=O)C1=C(C)NC(=O)N[C@H]1c1ccc(OCC(=O)N/N=C\c2cc(I)c(O)c([N+](=O)[O-])c2)c(OC)c1. The van der Waals surface area contributed by atoms with E-state index in [9.17, 15) is 29.6 Å². The lowest BCUT2D eigenvalue weighted by atomic mass is 9.95. The van der Waals surface area contributed by atoms with Gasteiger partial charge >= 0.3 is 17.7 Å². The molecule has 2 aromatic carbocycles. The van der Waals surface area contributed by atoms with Crippen molar-refractivity contribution in [1.82, 2.24) is 16.1 Å². The topological polar surface area (TPSA) is 191 Å². The number of hydrazone groups is 1. The largest absolute Gasteiger partial charge is 0.501 e. The van der Waals surface area contributed by atoms with Crippen molar-refractivity contribution in [2.75, 3.05) is 20.3 Å². The van der Waals surface area contributed by atoms with Crippen molar-refractivity contribution in [3.8, 4) is 17.2 Å². The molecule has 1 aliphatic heterocycles. The van der Waals surface area contributed by atoms with Gasteiger partial charge in [0.1, 0.15) is 0 Å². The van der Waals surface area contributed by atoms with E-state index in [2.05, 4.69) is 21.2 Å². The molecule has 4 N–H and O–H groups in total. The number of phenolic OH excluding ortho intramolecular Hbond substituents is 1. The predicted octanol–water partition coefficient (Wildman–Crippen LogP) is 2.63. The van der Waals surface area contributed by atoms with Gasteiger partial charge in [-0.05, 0) is 60.2 Å². The van der Waals surface area contributed by atoms with Crippen molar-refractivity contribution in [3.63, 3.8) is 0 Å². The molecule has 1 atom stereocenters. The number of esters is 1. The van der Waals surface area contributed by atoms with E-state index in [1.165, 1.54) is 25.5 Å². The van der Waals surface area contributed by atoms with E-state index in [0.717, 1.165) is 6.07 Å². The number of carbonyl (C=O) groups excluding carboxylic acids is 3. The molecule has 15 heteroatoms. The number of nitrogens with zero attached hydrogens (tertiary/aromatic N) is 2. The van der Waals surface area contributed by atoms with Crippen LogP contribution in [0.25, 0.3) is 0 Å². The monoisotopic (exact) mass is 653 g/mol. The molecule has 0 fully saturated rings. The maximum atomic E-state index is 12.5. The number of hydrogen-bond donors (Lipinski definition) is 4. The standard InChI is InChI=1S/C24H24IN5O9/c1-4-38-23(33)20-12(2)27-24(34)28-21(20)14-5-6-17(18(9-14)37-3)39-11-19(31)29-26-10-13-7-15(25)22(32)16(8-13)30(35)36/h5-10,21,32H,4,11H2,1-3H3,(H,29,31)(H2,27,28,34)/b26-10-/t21-/m0/s1. The number of nitro groups is 1. The van der Waals surface area contributed by atoms with Gasteiger partial charge in [0.2, 0.25) is 5.75 Å². The van der Waals surface area contributed by atoms with Crippen LogP contribution >= 0.6 is 22.6 Å². The van der Waals surface area contributed by atoms with E-state index in [-0.39, 0.29) is 27.2 Å². The quantitative estimate of drug-likeness (QED) is 0.0982. The van der Waals surface area contributed by atoms with Crippen LogP contribution in [0.2, 0.25) is 0 Å². The van der Waals surface area contributed by atoms with Crippen LogP contribution in [0, 0.1) is 13.7 Å². The third-order valence-corrected chi connectivity index (χ3v) is 6.13. The second kappa shape index (κ2) is 12.9. The Morgan fingerprint density at radius 1 is 1.28 bits per heavy atom. The fraction of sp³-hybridized carbons (Fsp3) is 0.250. The van der Waals surface area contributed by atoms with Gasteiger partial charge < -0.3 is 30.0 Å². The van der Waals surface area contributed by atoms with Crippen molar-refractivity contribution in [1.29, 1.82) is 0 Å². The first-order chi connectivity index (χ1) is 18.5. The first-order valence-corrected chi connectivity index (χ1v) is 12.4. The van der Waals surface area contributed by atoms with Crippen LogP contribution in [0.3, 0.4) is 0 Å². The maximum absolute atomic E-state index is 12.5. The van der Waals surface area contributed by atoms with Gasteiger partial charge in [-0.3, -0.25) is 14.9 Å². The number of aromatic hydroxyl groups is 1. The van der Waals surface area contributed by atoms with E-state index < -0.39 is 46.9 Å². The number of nitro benzene ring substituents is 1. The number of hydrogen-bond acceptors (Lipinski definition) is 10. The summed E-state index contributed by atoms with van der Waals surface area (Å²) in [6.07, 6.45) is 1.19. The fourth-order valence-electron chi connectivity index (χ4n) is 3.58. The minimum Gasteiger partial charge on any atom is -0.501 e. The molecule has 0 bridgehead atoms. The lowest BCUT2D eigenvalue weighted by Gasteiger charge is -2.28. The van der Waals surface area contributed by atoms with Gasteiger partial charge in [0, 0.05) is 17.3 Å². The third kappa shape index (κ3) is 7.13. The Balaban J connectivity index is 1.69. The Hall–Kier alpha value is -4.41. The van der Waals surface area contributed by atoms with Crippen LogP contribution in [0.15, 0.2) is 46.7 Å². The Kier molecular flexibility index (Phi) is 9.64. The van der Waals surface area contributed by atoms with Gasteiger partial charge in [-0.15, -0.1) is 0 Å². The zero-order valence-corrected chi connectivity index (χ0v) is 23.1. The number of nitrogens with one attached hydrogen (secondary N) is 3. The summed E-state index contributed by atoms with van der Waals surface area (Å²) in [7, 11) is 1.39. The molecule has 14 nitrogen and oxygen atoms in total. The molecule has 3 rings (SSSR count). The summed E-state index contributed by atoms with van der Waals surface area (Å²) < 4.78 is 16.3. The van der Waals surface area contributed by atoms with Crippen LogP contribution in [-0.4, -0.2) is 54.5 Å². The second-order valence-electron chi connectivity index (χ2n) is 7.91. The van der Waals surface area contributed by atoms with E-state index in [4.69, 9.17) is 14.2 Å². The average Bonchev–Trinajstić information content (AvgIpc) is 2.88. The number of allylic oxidation sites excluding steroid dienone is 1. The number of rotatable bonds is 10. The fourth-order valence-corrected chi connectivity index (χ4v) is 4.22. The molecule has 0 aliphatic carbocycles. The van der Waals surface area contributed by atoms with Crippen LogP contribution in [0.4, 0.5) is 10.5 Å². The molecule has 39 heavy (non-hydrogen) atoms. The lowest BCUT2D eigenvalue weighted by molar-refractivity contribution is -0.386. The summed E-state index contributed by atoms with van der Waals surface area (Å²) in [5, 5.41) is 29.8. The van der Waals surface area contributed by atoms with Crippen molar-refractivity contribution in [3.05, 3.63) is 66.4 Å².